The molecular weight excluding hydrogens is 416 g/mol. The number of anilines is 3. The van der Waals surface area contributed by atoms with Gasteiger partial charge in [-0.25, -0.2) is 4.98 Å². The highest BCUT2D eigenvalue weighted by Crippen LogP contribution is 2.45. The fourth-order valence-electron chi connectivity index (χ4n) is 4.12. The number of thiazole rings is 1. The van der Waals surface area contributed by atoms with Gasteiger partial charge in [-0.05, 0) is 36.4 Å². The van der Waals surface area contributed by atoms with Crippen molar-refractivity contribution in [2.24, 2.45) is 0 Å². The first-order valence-corrected chi connectivity index (χ1v) is 11.6. The van der Waals surface area contributed by atoms with Crippen LogP contribution in [0.1, 0.15) is 30.2 Å². The number of fused-ring (bicyclic) bond motifs is 1. The number of Topliss-reactive ketones (excluding diaryl/α,β-unsaturated/α-hetero) is 1. The number of allylic oxidation sites excluding steroid dienone is 1. The summed E-state index contributed by atoms with van der Waals surface area (Å²) in [5.41, 5.74) is 3.58. The van der Waals surface area contributed by atoms with Crippen LogP contribution in [0.15, 0.2) is 64.6 Å². The number of amides is 1. The Morgan fingerprint density at radius 1 is 1.17 bits per heavy atom. The van der Waals surface area contributed by atoms with Crippen molar-refractivity contribution in [2.45, 2.75) is 25.3 Å². The van der Waals surface area contributed by atoms with Crippen LogP contribution in [-0.4, -0.2) is 23.2 Å². The Morgan fingerprint density at radius 3 is 2.87 bits per heavy atom. The van der Waals surface area contributed by atoms with Crippen molar-refractivity contribution in [3.8, 4) is 0 Å². The average Bonchev–Trinajstić information content (AvgIpc) is 3.42. The zero-order valence-electron chi connectivity index (χ0n) is 16.1. The summed E-state index contributed by atoms with van der Waals surface area (Å²) < 4.78 is 0. The van der Waals surface area contributed by atoms with Gasteiger partial charge >= 0.3 is 0 Å². The maximum absolute atomic E-state index is 13.1. The molecule has 1 aliphatic heterocycles. The van der Waals surface area contributed by atoms with Crippen molar-refractivity contribution < 1.29 is 9.59 Å². The van der Waals surface area contributed by atoms with Crippen LogP contribution in [-0.2, 0) is 9.59 Å². The number of nitrogens with zero attached hydrogens (tertiary/aromatic N) is 2. The molecule has 0 radical (unpaired) electrons. The lowest BCUT2D eigenvalue weighted by Crippen LogP contribution is -2.38. The first kappa shape index (κ1) is 19.0. The highest BCUT2D eigenvalue weighted by Gasteiger charge is 2.37. The second kappa shape index (κ2) is 8.04. The van der Waals surface area contributed by atoms with E-state index in [-0.39, 0.29) is 24.3 Å². The Kier molecular flexibility index (Phi) is 5.10. The fourth-order valence-corrected chi connectivity index (χ4v) is 5.51. The summed E-state index contributed by atoms with van der Waals surface area (Å²) in [6.45, 7) is 0.116. The van der Waals surface area contributed by atoms with Crippen LogP contribution < -0.4 is 15.5 Å². The predicted molar refractivity (Wildman–Crippen MR) is 121 cm³/mol. The van der Waals surface area contributed by atoms with Gasteiger partial charge in [0.1, 0.15) is 0 Å². The van der Waals surface area contributed by atoms with Crippen molar-refractivity contribution in [1.82, 2.24) is 4.98 Å². The van der Waals surface area contributed by atoms with Gasteiger partial charge < -0.3 is 15.5 Å². The standard InChI is InChI=1S/C22H20N4O2S2/c27-17-8-3-6-15-20(17)21(18-9-4-11-29-18)26(16-7-2-1-5-14(16)24-15)13-19(28)25-22-23-10-12-30-22/h1-2,4-5,7,9-12,21,24H,3,6,8,13H2,(H,23,25,28)/t21-/m1/s1. The van der Waals surface area contributed by atoms with E-state index in [0.717, 1.165) is 40.4 Å². The Labute approximate surface area is 182 Å². The number of ketones is 1. The van der Waals surface area contributed by atoms with Crippen LogP contribution in [0.4, 0.5) is 16.5 Å². The van der Waals surface area contributed by atoms with E-state index in [0.29, 0.717) is 11.6 Å². The van der Waals surface area contributed by atoms with E-state index in [1.54, 1.807) is 17.5 Å². The molecule has 6 nitrogen and oxygen atoms in total. The molecule has 30 heavy (non-hydrogen) atoms. The zero-order chi connectivity index (χ0) is 20.5. The van der Waals surface area contributed by atoms with E-state index in [1.165, 1.54) is 11.3 Å². The van der Waals surface area contributed by atoms with Crippen LogP contribution in [0, 0.1) is 0 Å². The number of thiophene rings is 1. The third-order valence-corrected chi connectivity index (χ3v) is 6.96. The maximum atomic E-state index is 13.1. The summed E-state index contributed by atoms with van der Waals surface area (Å²) in [4.78, 5) is 33.3. The van der Waals surface area contributed by atoms with Gasteiger partial charge in [0.15, 0.2) is 10.9 Å². The Balaban J connectivity index is 1.61. The molecule has 0 fully saturated rings. The predicted octanol–water partition coefficient (Wildman–Crippen LogP) is 4.82. The molecule has 0 unspecified atom stereocenters. The lowest BCUT2D eigenvalue weighted by atomic mass is 9.88. The molecule has 8 heteroatoms. The van der Waals surface area contributed by atoms with E-state index in [2.05, 4.69) is 15.6 Å². The number of para-hydroxylation sites is 2. The molecular formula is C22H20N4O2S2. The number of aromatic nitrogens is 1. The maximum Gasteiger partial charge on any atom is 0.245 e. The van der Waals surface area contributed by atoms with Crippen LogP contribution >= 0.6 is 22.7 Å². The Hall–Kier alpha value is -2.97. The Morgan fingerprint density at radius 2 is 2.07 bits per heavy atom. The summed E-state index contributed by atoms with van der Waals surface area (Å²) in [5, 5.41) is 10.8. The van der Waals surface area contributed by atoms with E-state index >= 15 is 0 Å². The number of nitrogens with one attached hydrogen (secondary N) is 2. The first-order valence-electron chi connectivity index (χ1n) is 9.82. The molecule has 1 aliphatic carbocycles. The van der Waals surface area contributed by atoms with Gasteiger partial charge in [0.25, 0.3) is 0 Å². The van der Waals surface area contributed by atoms with E-state index < -0.39 is 0 Å². The summed E-state index contributed by atoms with van der Waals surface area (Å²) >= 11 is 2.99. The number of carbonyl (C=O) groups is 2. The van der Waals surface area contributed by atoms with Crippen molar-refractivity contribution >= 4 is 50.9 Å². The summed E-state index contributed by atoms with van der Waals surface area (Å²) in [6, 6.07) is 11.7. The van der Waals surface area contributed by atoms with Gasteiger partial charge in [-0.15, -0.1) is 22.7 Å². The fraction of sp³-hybridized carbons (Fsp3) is 0.227. The smallest absolute Gasteiger partial charge is 0.245 e. The molecule has 3 heterocycles. The third kappa shape index (κ3) is 3.53. The topological polar surface area (TPSA) is 74.3 Å². The molecule has 0 spiro atoms. The quantitative estimate of drug-likeness (QED) is 0.613. The number of hydrogen-bond acceptors (Lipinski definition) is 7. The molecule has 1 aromatic carbocycles. The molecule has 0 saturated heterocycles. The van der Waals surface area contributed by atoms with Gasteiger partial charge in [-0.3, -0.25) is 9.59 Å². The first-order chi connectivity index (χ1) is 14.7. The highest BCUT2D eigenvalue weighted by molar-refractivity contribution is 7.13. The second-order valence-electron chi connectivity index (χ2n) is 7.24. The van der Waals surface area contributed by atoms with Crippen LogP contribution in [0.25, 0.3) is 0 Å². The van der Waals surface area contributed by atoms with Crippen molar-refractivity contribution in [3.63, 3.8) is 0 Å². The van der Waals surface area contributed by atoms with Gasteiger partial charge in [0.2, 0.25) is 5.91 Å². The minimum Gasteiger partial charge on any atom is -0.357 e. The average molecular weight is 437 g/mol. The van der Waals surface area contributed by atoms with Crippen molar-refractivity contribution in [2.75, 3.05) is 22.1 Å². The van der Waals surface area contributed by atoms with Gasteiger partial charge in [-0.2, -0.15) is 0 Å². The third-order valence-electron chi connectivity index (χ3n) is 5.35. The number of benzene rings is 1. The number of hydrogen-bond donors (Lipinski definition) is 2. The minimum atomic E-state index is -0.300. The van der Waals surface area contributed by atoms with Crippen LogP contribution in [0.3, 0.4) is 0 Å². The van der Waals surface area contributed by atoms with E-state index in [9.17, 15) is 9.59 Å². The normalized spacial score (nSPS) is 18.3. The van der Waals surface area contributed by atoms with Gasteiger partial charge in [-0.1, -0.05) is 18.2 Å². The van der Waals surface area contributed by atoms with Gasteiger partial charge in [0, 0.05) is 34.1 Å². The molecule has 5 rings (SSSR count). The summed E-state index contributed by atoms with van der Waals surface area (Å²) in [7, 11) is 0. The van der Waals surface area contributed by atoms with E-state index in [1.807, 2.05) is 52.1 Å². The lowest BCUT2D eigenvalue weighted by Gasteiger charge is -2.34. The lowest BCUT2D eigenvalue weighted by molar-refractivity contribution is -0.117. The molecule has 1 atom stereocenters. The second-order valence-corrected chi connectivity index (χ2v) is 9.12. The molecule has 2 aromatic heterocycles. The summed E-state index contributed by atoms with van der Waals surface area (Å²) in [6.07, 6.45) is 3.88. The van der Waals surface area contributed by atoms with E-state index in [4.69, 9.17) is 0 Å². The molecule has 2 aliphatic rings. The molecule has 3 aromatic rings. The molecule has 2 N–H and O–H groups in total. The SMILES string of the molecule is O=C(CN1c2ccccc2NC2=C(C(=O)CCC2)[C@H]1c1cccs1)Nc1nccs1. The number of carbonyl (C=O) groups excluding carboxylic acids is 2. The van der Waals surface area contributed by atoms with Gasteiger partial charge in [0.05, 0.1) is 24.0 Å². The molecule has 0 saturated carbocycles. The molecule has 152 valence electrons. The highest BCUT2D eigenvalue weighted by atomic mass is 32.1. The largest absolute Gasteiger partial charge is 0.357 e. The Bertz CT molecular complexity index is 1110. The number of rotatable bonds is 4. The van der Waals surface area contributed by atoms with Crippen LogP contribution in [0.5, 0.6) is 0 Å². The zero-order valence-corrected chi connectivity index (χ0v) is 17.8. The monoisotopic (exact) mass is 436 g/mol. The molecule has 1 amide bonds. The van der Waals surface area contributed by atoms with Crippen LogP contribution in [0.2, 0.25) is 0 Å². The van der Waals surface area contributed by atoms with Crippen molar-refractivity contribution in [3.05, 3.63) is 69.5 Å². The minimum absolute atomic E-state index is 0.116. The summed E-state index contributed by atoms with van der Waals surface area (Å²) in [5.74, 6) is -0.00564. The van der Waals surface area contributed by atoms with Crippen molar-refractivity contribution in [1.29, 1.82) is 0 Å². The molecule has 0 bridgehead atoms.